The van der Waals surface area contributed by atoms with Crippen molar-refractivity contribution in [3.63, 3.8) is 0 Å². The molecule has 8 heteroatoms. The van der Waals surface area contributed by atoms with Crippen molar-refractivity contribution in [2.24, 2.45) is 0 Å². The van der Waals surface area contributed by atoms with E-state index in [1.54, 1.807) is 35.8 Å². The smallest absolute Gasteiger partial charge is 0.326 e. The molecule has 2 aromatic heterocycles. The van der Waals surface area contributed by atoms with Gasteiger partial charge in [0.2, 0.25) is 11.7 Å². The normalized spacial score (nSPS) is 12.2. The number of benzene rings is 2. The van der Waals surface area contributed by atoms with Crippen molar-refractivity contribution in [1.29, 1.82) is 0 Å². The van der Waals surface area contributed by atoms with Crippen molar-refractivity contribution in [2.45, 2.75) is 32.9 Å². The molecule has 8 nitrogen and oxygen atoms in total. The predicted molar refractivity (Wildman–Crippen MR) is 108 cm³/mol. The number of hydrogen-bond donors (Lipinski definition) is 2. The maximum Gasteiger partial charge on any atom is 0.326 e. The van der Waals surface area contributed by atoms with E-state index in [1.165, 1.54) is 0 Å². The number of nitrogens with one attached hydrogen (secondary N) is 2. The number of amides is 1. The summed E-state index contributed by atoms with van der Waals surface area (Å²) in [5, 5.41) is 6.87. The summed E-state index contributed by atoms with van der Waals surface area (Å²) >= 11 is 0. The molecular weight excluding hydrogens is 370 g/mol. The number of nitrogens with zero attached hydrogens (tertiary/aromatic N) is 3. The first-order valence-corrected chi connectivity index (χ1v) is 9.49. The van der Waals surface area contributed by atoms with Crippen LogP contribution in [-0.4, -0.2) is 25.6 Å². The van der Waals surface area contributed by atoms with Crippen LogP contribution in [0.3, 0.4) is 0 Å². The van der Waals surface area contributed by atoms with Crippen LogP contribution in [0.2, 0.25) is 0 Å². The molecule has 2 aromatic carbocycles. The molecule has 0 unspecified atom stereocenters. The van der Waals surface area contributed by atoms with Gasteiger partial charge in [0.15, 0.2) is 0 Å². The standard InChI is InChI=1S/C21H21N5O3/c1-3-11-26-17-10-9-15(12-16(17)23-21(26)28)18-24-20(29-25-18)13(2)22-19(27)14-7-5-4-6-8-14/h4-10,12-13H,3,11H2,1-2H3,(H,22,27)(H,23,28)/t13-/m0/s1. The van der Waals surface area contributed by atoms with E-state index in [1.807, 2.05) is 31.2 Å². The van der Waals surface area contributed by atoms with Gasteiger partial charge in [-0.05, 0) is 43.7 Å². The zero-order valence-electron chi connectivity index (χ0n) is 16.2. The van der Waals surface area contributed by atoms with E-state index in [0.717, 1.165) is 23.0 Å². The van der Waals surface area contributed by atoms with E-state index in [9.17, 15) is 9.59 Å². The van der Waals surface area contributed by atoms with Gasteiger partial charge in [0, 0.05) is 17.7 Å². The zero-order chi connectivity index (χ0) is 20.4. The molecule has 0 saturated carbocycles. The number of H-pyrrole nitrogens is 1. The Bertz CT molecular complexity index is 1210. The lowest BCUT2D eigenvalue weighted by Gasteiger charge is -2.09. The highest BCUT2D eigenvalue weighted by molar-refractivity contribution is 5.94. The van der Waals surface area contributed by atoms with Crippen molar-refractivity contribution in [3.05, 3.63) is 70.5 Å². The fraction of sp³-hybridized carbons (Fsp3) is 0.238. The number of aromatic amines is 1. The van der Waals surface area contributed by atoms with E-state index >= 15 is 0 Å². The summed E-state index contributed by atoms with van der Waals surface area (Å²) in [5.41, 5.74) is 2.71. The number of carbonyl (C=O) groups excluding carboxylic acids is 1. The first-order chi connectivity index (χ1) is 14.1. The molecule has 2 heterocycles. The second kappa shape index (κ2) is 7.75. The Labute approximate surface area is 166 Å². The molecule has 2 N–H and O–H groups in total. The number of carbonyl (C=O) groups is 1. The van der Waals surface area contributed by atoms with Crippen molar-refractivity contribution < 1.29 is 9.32 Å². The molecule has 0 bridgehead atoms. The van der Waals surface area contributed by atoms with Gasteiger partial charge < -0.3 is 14.8 Å². The SMILES string of the molecule is CCCn1c(=O)[nH]c2cc(-c3noc([C@H](C)NC(=O)c4ccccc4)n3)ccc21. The fourth-order valence-corrected chi connectivity index (χ4v) is 3.21. The second-order valence-electron chi connectivity index (χ2n) is 6.83. The first-order valence-electron chi connectivity index (χ1n) is 9.49. The summed E-state index contributed by atoms with van der Waals surface area (Å²) < 4.78 is 7.05. The van der Waals surface area contributed by atoms with Crippen LogP contribution in [0, 0.1) is 0 Å². The third-order valence-corrected chi connectivity index (χ3v) is 4.68. The van der Waals surface area contributed by atoms with Crippen molar-refractivity contribution in [2.75, 3.05) is 0 Å². The molecule has 0 aliphatic rings. The van der Waals surface area contributed by atoms with Gasteiger partial charge in [0.1, 0.15) is 6.04 Å². The van der Waals surface area contributed by atoms with Gasteiger partial charge in [0.05, 0.1) is 11.0 Å². The van der Waals surface area contributed by atoms with Crippen LogP contribution in [0.15, 0.2) is 57.8 Å². The van der Waals surface area contributed by atoms with E-state index in [2.05, 4.69) is 20.4 Å². The number of aryl methyl sites for hydroxylation is 1. The molecule has 0 aliphatic carbocycles. The Morgan fingerprint density at radius 3 is 2.79 bits per heavy atom. The number of aromatic nitrogens is 4. The minimum absolute atomic E-state index is 0.134. The van der Waals surface area contributed by atoms with E-state index < -0.39 is 6.04 Å². The molecule has 29 heavy (non-hydrogen) atoms. The minimum Gasteiger partial charge on any atom is -0.341 e. The minimum atomic E-state index is -0.446. The van der Waals surface area contributed by atoms with Gasteiger partial charge in [-0.15, -0.1) is 0 Å². The maximum absolute atomic E-state index is 12.3. The third kappa shape index (κ3) is 3.69. The number of hydrogen-bond acceptors (Lipinski definition) is 5. The van der Waals surface area contributed by atoms with E-state index in [-0.39, 0.29) is 11.6 Å². The molecule has 0 radical (unpaired) electrons. The van der Waals surface area contributed by atoms with Gasteiger partial charge in [0.25, 0.3) is 5.91 Å². The molecule has 0 saturated heterocycles. The molecule has 1 amide bonds. The molecule has 1 atom stereocenters. The summed E-state index contributed by atoms with van der Waals surface area (Å²) in [4.78, 5) is 31.7. The van der Waals surface area contributed by atoms with Crippen LogP contribution < -0.4 is 11.0 Å². The van der Waals surface area contributed by atoms with E-state index in [0.29, 0.717) is 23.8 Å². The second-order valence-corrected chi connectivity index (χ2v) is 6.83. The highest BCUT2D eigenvalue weighted by Crippen LogP contribution is 2.22. The summed E-state index contributed by atoms with van der Waals surface area (Å²) in [6.07, 6.45) is 0.870. The van der Waals surface area contributed by atoms with Crippen LogP contribution in [0.4, 0.5) is 0 Å². The summed E-state index contributed by atoms with van der Waals surface area (Å²) in [6, 6.07) is 14.0. The van der Waals surface area contributed by atoms with Gasteiger partial charge >= 0.3 is 5.69 Å². The lowest BCUT2D eigenvalue weighted by atomic mass is 10.2. The lowest BCUT2D eigenvalue weighted by molar-refractivity contribution is 0.0932. The Hall–Kier alpha value is -3.68. The average molecular weight is 391 g/mol. The molecule has 0 spiro atoms. The predicted octanol–water partition coefficient (Wildman–Crippen LogP) is 3.28. The van der Waals surface area contributed by atoms with Crippen LogP contribution in [0.1, 0.15) is 42.6 Å². The lowest BCUT2D eigenvalue weighted by Crippen LogP contribution is -2.26. The maximum atomic E-state index is 12.3. The van der Waals surface area contributed by atoms with Gasteiger partial charge in [-0.3, -0.25) is 9.36 Å². The topological polar surface area (TPSA) is 106 Å². The van der Waals surface area contributed by atoms with E-state index in [4.69, 9.17) is 4.52 Å². The highest BCUT2D eigenvalue weighted by Gasteiger charge is 2.18. The van der Waals surface area contributed by atoms with Crippen molar-refractivity contribution in [1.82, 2.24) is 25.0 Å². The molecular formula is C21H21N5O3. The van der Waals surface area contributed by atoms with Gasteiger partial charge in [-0.2, -0.15) is 4.98 Å². The Morgan fingerprint density at radius 2 is 2.03 bits per heavy atom. The van der Waals surface area contributed by atoms with Crippen LogP contribution >= 0.6 is 0 Å². The van der Waals surface area contributed by atoms with Crippen LogP contribution in [-0.2, 0) is 6.54 Å². The fourth-order valence-electron chi connectivity index (χ4n) is 3.21. The molecule has 4 rings (SSSR count). The third-order valence-electron chi connectivity index (χ3n) is 4.68. The van der Waals surface area contributed by atoms with Crippen molar-refractivity contribution >= 4 is 16.9 Å². The summed E-state index contributed by atoms with van der Waals surface area (Å²) in [6.45, 7) is 4.46. The van der Waals surface area contributed by atoms with Crippen molar-refractivity contribution in [3.8, 4) is 11.4 Å². The summed E-state index contributed by atoms with van der Waals surface area (Å²) in [7, 11) is 0. The Kier molecular flexibility index (Phi) is 4.99. The first kappa shape index (κ1) is 18.7. The average Bonchev–Trinajstić information content (AvgIpc) is 3.34. The number of fused-ring (bicyclic) bond motifs is 1. The highest BCUT2D eigenvalue weighted by atomic mass is 16.5. The number of rotatable bonds is 6. The quantitative estimate of drug-likeness (QED) is 0.525. The zero-order valence-corrected chi connectivity index (χ0v) is 16.2. The molecule has 4 aromatic rings. The van der Waals surface area contributed by atoms with Gasteiger partial charge in [-0.25, -0.2) is 4.79 Å². The van der Waals surface area contributed by atoms with Gasteiger partial charge in [-0.1, -0.05) is 30.3 Å². The Morgan fingerprint density at radius 1 is 1.24 bits per heavy atom. The number of imidazole rings is 1. The molecule has 148 valence electrons. The summed E-state index contributed by atoms with van der Waals surface area (Å²) in [5.74, 6) is 0.488. The largest absolute Gasteiger partial charge is 0.341 e. The van der Waals surface area contributed by atoms with Crippen LogP contribution in [0.5, 0.6) is 0 Å². The molecule has 0 aliphatic heterocycles. The monoisotopic (exact) mass is 391 g/mol. The molecule has 0 fully saturated rings. The van der Waals surface area contributed by atoms with Crippen LogP contribution in [0.25, 0.3) is 22.4 Å². The Balaban J connectivity index is 1.55.